The molecule has 2 heterocycles. The van der Waals surface area contributed by atoms with Gasteiger partial charge in [0.25, 0.3) is 0 Å². The van der Waals surface area contributed by atoms with E-state index in [4.69, 9.17) is 15.2 Å². The van der Waals surface area contributed by atoms with Crippen molar-refractivity contribution in [2.24, 2.45) is 0 Å². The molecular formula is C15H24N4O3. The zero-order valence-corrected chi connectivity index (χ0v) is 13.4. The Bertz CT molecular complexity index is 516. The quantitative estimate of drug-likeness (QED) is 0.840. The molecule has 1 aromatic rings. The number of aromatic nitrogens is 2. The molecule has 0 unspecified atom stereocenters. The molecule has 2 N–H and O–H groups in total. The SMILES string of the molecule is CC(C)(C)OC(=O)CO[C@H]1CCCN(c2ccnc(N)n2)C1. The first-order valence-corrected chi connectivity index (χ1v) is 7.50. The molecule has 1 fully saturated rings. The van der Waals surface area contributed by atoms with Crippen molar-refractivity contribution in [2.75, 3.05) is 30.3 Å². The lowest BCUT2D eigenvalue weighted by Gasteiger charge is -2.33. The average Bonchev–Trinajstić information content (AvgIpc) is 2.44. The first kappa shape index (κ1) is 16.5. The van der Waals surface area contributed by atoms with E-state index in [1.807, 2.05) is 26.8 Å². The van der Waals surface area contributed by atoms with Gasteiger partial charge < -0.3 is 20.1 Å². The van der Waals surface area contributed by atoms with E-state index in [1.165, 1.54) is 0 Å². The fraction of sp³-hybridized carbons (Fsp3) is 0.667. The van der Waals surface area contributed by atoms with Gasteiger partial charge in [-0.05, 0) is 39.7 Å². The molecular weight excluding hydrogens is 284 g/mol. The fourth-order valence-electron chi connectivity index (χ4n) is 2.38. The van der Waals surface area contributed by atoms with Crippen LogP contribution in [0.25, 0.3) is 0 Å². The first-order valence-electron chi connectivity index (χ1n) is 7.50. The third kappa shape index (κ3) is 5.14. The first-order chi connectivity index (χ1) is 10.3. The number of hydrogen-bond acceptors (Lipinski definition) is 7. The van der Waals surface area contributed by atoms with Gasteiger partial charge in [0.1, 0.15) is 18.0 Å². The molecule has 22 heavy (non-hydrogen) atoms. The number of esters is 1. The summed E-state index contributed by atoms with van der Waals surface area (Å²) in [5.74, 6) is 0.711. The summed E-state index contributed by atoms with van der Waals surface area (Å²) in [4.78, 5) is 21.9. The predicted octanol–water partition coefficient (Wildman–Crippen LogP) is 1.39. The molecule has 0 saturated carbocycles. The largest absolute Gasteiger partial charge is 0.458 e. The second-order valence-corrected chi connectivity index (χ2v) is 6.38. The van der Waals surface area contributed by atoms with Crippen LogP contribution in [0.2, 0.25) is 0 Å². The van der Waals surface area contributed by atoms with Crippen LogP contribution in [0.3, 0.4) is 0 Å². The highest BCUT2D eigenvalue weighted by molar-refractivity contribution is 5.71. The highest BCUT2D eigenvalue weighted by atomic mass is 16.6. The third-order valence-corrected chi connectivity index (χ3v) is 3.22. The van der Waals surface area contributed by atoms with E-state index < -0.39 is 5.60 Å². The number of rotatable bonds is 4. The Kier molecular flexibility index (Phi) is 5.18. The summed E-state index contributed by atoms with van der Waals surface area (Å²) in [5, 5.41) is 0. The van der Waals surface area contributed by atoms with Gasteiger partial charge in [0.2, 0.25) is 5.95 Å². The summed E-state index contributed by atoms with van der Waals surface area (Å²) < 4.78 is 10.9. The summed E-state index contributed by atoms with van der Waals surface area (Å²) in [5.41, 5.74) is 5.13. The van der Waals surface area contributed by atoms with E-state index in [1.54, 1.807) is 6.20 Å². The van der Waals surface area contributed by atoms with Crippen molar-refractivity contribution in [3.05, 3.63) is 12.3 Å². The molecule has 122 valence electrons. The van der Waals surface area contributed by atoms with E-state index in [9.17, 15) is 4.79 Å². The van der Waals surface area contributed by atoms with Crippen molar-refractivity contribution in [1.82, 2.24) is 9.97 Å². The topological polar surface area (TPSA) is 90.6 Å². The van der Waals surface area contributed by atoms with Gasteiger partial charge in [-0.2, -0.15) is 4.98 Å². The normalized spacial score (nSPS) is 19.0. The molecule has 0 spiro atoms. The van der Waals surface area contributed by atoms with Gasteiger partial charge in [0.15, 0.2) is 0 Å². The summed E-state index contributed by atoms with van der Waals surface area (Å²) in [6.07, 6.45) is 3.52. The van der Waals surface area contributed by atoms with Crippen LogP contribution < -0.4 is 10.6 Å². The monoisotopic (exact) mass is 308 g/mol. The van der Waals surface area contributed by atoms with Crippen LogP contribution in [0, 0.1) is 0 Å². The molecule has 0 bridgehead atoms. The molecule has 1 aliphatic rings. The minimum atomic E-state index is -0.489. The average molecular weight is 308 g/mol. The number of nitrogens with zero attached hydrogens (tertiary/aromatic N) is 3. The smallest absolute Gasteiger partial charge is 0.332 e. The second kappa shape index (κ2) is 6.91. The Hall–Kier alpha value is -1.89. The molecule has 7 nitrogen and oxygen atoms in total. The Balaban J connectivity index is 1.85. The summed E-state index contributed by atoms with van der Waals surface area (Å²) in [6.45, 7) is 7.07. The molecule has 0 aliphatic carbocycles. The maximum Gasteiger partial charge on any atom is 0.332 e. The molecule has 0 radical (unpaired) electrons. The molecule has 0 amide bonds. The molecule has 1 aliphatic heterocycles. The van der Waals surface area contributed by atoms with Crippen LogP contribution in [0.5, 0.6) is 0 Å². The highest BCUT2D eigenvalue weighted by Gasteiger charge is 2.23. The second-order valence-electron chi connectivity index (χ2n) is 6.38. The standard InChI is InChI=1S/C15H24N4O3/c1-15(2,3)22-13(20)10-21-11-5-4-8-19(9-11)12-6-7-17-14(16)18-12/h6-7,11H,4-5,8-10H2,1-3H3,(H2,16,17,18)/t11-/m0/s1. The van der Waals surface area contributed by atoms with Crippen LogP contribution in [0.1, 0.15) is 33.6 Å². The number of carbonyl (C=O) groups is 1. The minimum absolute atomic E-state index is 0.0162. The lowest BCUT2D eigenvalue weighted by atomic mass is 10.1. The number of anilines is 2. The van der Waals surface area contributed by atoms with Gasteiger partial charge >= 0.3 is 5.97 Å². The molecule has 1 saturated heterocycles. The third-order valence-electron chi connectivity index (χ3n) is 3.22. The Morgan fingerprint density at radius 3 is 2.95 bits per heavy atom. The van der Waals surface area contributed by atoms with Crippen LogP contribution >= 0.6 is 0 Å². The number of ether oxygens (including phenoxy) is 2. The summed E-state index contributed by atoms with van der Waals surface area (Å²) in [6, 6.07) is 1.83. The predicted molar refractivity (Wildman–Crippen MR) is 83.5 cm³/mol. The van der Waals surface area contributed by atoms with Crippen molar-refractivity contribution in [3.8, 4) is 0 Å². The Morgan fingerprint density at radius 1 is 1.50 bits per heavy atom. The number of carbonyl (C=O) groups excluding carboxylic acids is 1. The maximum atomic E-state index is 11.7. The molecule has 1 aromatic heterocycles. The van der Waals surface area contributed by atoms with Crippen LogP contribution in [-0.4, -0.2) is 47.3 Å². The lowest BCUT2D eigenvalue weighted by molar-refractivity contribution is -0.162. The van der Waals surface area contributed by atoms with Crippen LogP contribution in [0.4, 0.5) is 11.8 Å². The van der Waals surface area contributed by atoms with E-state index in [2.05, 4.69) is 14.9 Å². The molecule has 0 aromatic carbocycles. The van der Waals surface area contributed by atoms with Crippen molar-refractivity contribution < 1.29 is 14.3 Å². The fourth-order valence-corrected chi connectivity index (χ4v) is 2.38. The number of nitrogen functional groups attached to an aromatic ring is 1. The van der Waals surface area contributed by atoms with Crippen LogP contribution in [0.15, 0.2) is 12.3 Å². The highest BCUT2D eigenvalue weighted by Crippen LogP contribution is 2.19. The van der Waals surface area contributed by atoms with E-state index in [-0.39, 0.29) is 24.6 Å². The van der Waals surface area contributed by atoms with Gasteiger partial charge in [-0.15, -0.1) is 0 Å². The number of piperidine rings is 1. The molecule has 7 heteroatoms. The van der Waals surface area contributed by atoms with Crippen molar-refractivity contribution >= 4 is 17.7 Å². The zero-order valence-electron chi connectivity index (χ0n) is 13.4. The van der Waals surface area contributed by atoms with E-state index in [0.717, 1.165) is 25.2 Å². The molecule has 1 atom stereocenters. The van der Waals surface area contributed by atoms with E-state index >= 15 is 0 Å². The van der Waals surface area contributed by atoms with Crippen molar-refractivity contribution in [1.29, 1.82) is 0 Å². The van der Waals surface area contributed by atoms with Crippen molar-refractivity contribution in [2.45, 2.75) is 45.3 Å². The van der Waals surface area contributed by atoms with Crippen molar-refractivity contribution in [3.63, 3.8) is 0 Å². The van der Waals surface area contributed by atoms with E-state index in [0.29, 0.717) is 6.54 Å². The van der Waals surface area contributed by atoms with Gasteiger partial charge in [-0.3, -0.25) is 0 Å². The number of nitrogens with two attached hydrogens (primary N) is 1. The molecule has 2 rings (SSSR count). The summed E-state index contributed by atoms with van der Waals surface area (Å²) >= 11 is 0. The Labute approximate surface area is 130 Å². The van der Waals surface area contributed by atoms with Gasteiger partial charge in [-0.1, -0.05) is 0 Å². The zero-order chi connectivity index (χ0) is 16.2. The van der Waals surface area contributed by atoms with Gasteiger partial charge in [-0.25, -0.2) is 9.78 Å². The van der Waals surface area contributed by atoms with Gasteiger partial charge in [0, 0.05) is 19.3 Å². The van der Waals surface area contributed by atoms with Crippen LogP contribution in [-0.2, 0) is 14.3 Å². The maximum absolute atomic E-state index is 11.7. The summed E-state index contributed by atoms with van der Waals surface area (Å²) in [7, 11) is 0. The Morgan fingerprint density at radius 2 is 2.27 bits per heavy atom. The van der Waals surface area contributed by atoms with Gasteiger partial charge in [0.05, 0.1) is 6.10 Å². The lowest BCUT2D eigenvalue weighted by Crippen LogP contribution is -2.41. The number of hydrogen-bond donors (Lipinski definition) is 1. The minimum Gasteiger partial charge on any atom is -0.458 e.